The second-order valence-electron chi connectivity index (χ2n) is 4.47. The van der Waals surface area contributed by atoms with Crippen LogP contribution >= 0.6 is 0 Å². The van der Waals surface area contributed by atoms with Gasteiger partial charge in [0, 0.05) is 18.2 Å². The number of rotatable bonds is 4. The maximum Gasteiger partial charge on any atom is 0.0953 e. The van der Waals surface area contributed by atoms with Crippen LogP contribution in [0.5, 0.6) is 0 Å². The molecule has 0 radical (unpaired) electrons. The van der Waals surface area contributed by atoms with Crippen LogP contribution in [0.15, 0.2) is 36.8 Å². The Hall–Kier alpha value is -1.61. The van der Waals surface area contributed by atoms with Crippen LogP contribution in [0.4, 0.5) is 0 Å². The van der Waals surface area contributed by atoms with Crippen molar-refractivity contribution in [3.05, 3.63) is 42.4 Å². The van der Waals surface area contributed by atoms with Crippen LogP contribution in [-0.4, -0.2) is 16.6 Å². The third kappa shape index (κ3) is 2.39. The summed E-state index contributed by atoms with van der Waals surface area (Å²) in [6, 6.07) is 8.89. The molecule has 2 rings (SSSR count). The number of benzene rings is 1. The van der Waals surface area contributed by atoms with Gasteiger partial charge in [-0.2, -0.15) is 0 Å². The molecule has 0 unspecified atom stereocenters. The highest BCUT2D eigenvalue weighted by Gasteiger charge is 2.10. The highest BCUT2D eigenvalue weighted by atomic mass is 15.1. The van der Waals surface area contributed by atoms with E-state index in [-0.39, 0.29) is 0 Å². The number of hydrogen-bond acceptors (Lipinski definition) is 2. The summed E-state index contributed by atoms with van der Waals surface area (Å²) in [7, 11) is 1.97. The number of aromatic nitrogens is 2. The van der Waals surface area contributed by atoms with Crippen LogP contribution in [0.3, 0.4) is 0 Å². The SMILES string of the molecule is CNCc1ccccc1-c1cncn1C(C)C. The lowest BCUT2D eigenvalue weighted by Gasteiger charge is -2.14. The van der Waals surface area contributed by atoms with E-state index in [4.69, 9.17) is 0 Å². The van der Waals surface area contributed by atoms with Gasteiger partial charge in [-0.05, 0) is 26.5 Å². The first-order valence-electron chi connectivity index (χ1n) is 5.98. The van der Waals surface area contributed by atoms with E-state index < -0.39 is 0 Å². The maximum atomic E-state index is 4.26. The summed E-state index contributed by atoms with van der Waals surface area (Å²) in [6.07, 6.45) is 3.84. The van der Waals surface area contributed by atoms with Crippen LogP contribution in [0.25, 0.3) is 11.3 Å². The quantitative estimate of drug-likeness (QED) is 0.873. The molecule has 0 aliphatic carbocycles. The molecule has 0 saturated carbocycles. The average molecular weight is 229 g/mol. The van der Waals surface area contributed by atoms with Gasteiger partial charge in [-0.15, -0.1) is 0 Å². The monoisotopic (exact) mass is 229 g/mol. The largest absolute Gasteiger partial charge is 0.328 e. The van der Waals surface area contributed by atoms with Crippen LogP contribution in [0.1, 0.15) is 25.5 Å². The van der Waals surface area contributed by atoms with Gasteiger partial charge in [-0.3, -0.25) is 0 Å². The van der Waals surface area contributed by atoms with Crippen molar-refractivity contribution < 1.29 is 0 Å². The van der Waals surface area contributed by atoms with Gasteiger partial charge in [-0.1, -0.05) is 24.3 Å². The standard InChI is InChI=1S/C14H19N3/c1-11(2)17-10-16-9-14(17)13-7-5-4-6-12(13)8-15-3/h4-7,9-11,15H,8H2,1-3H3. The zero-order valence-corrected chi connectivity index (χ0v) is 10.6. The van der Waals surface area contributed by atoms with Crippen LogP contribution < -0.4 is 5.32 Å². The van der Waals surface area contributed by atoms with Gasteiger partial charge in [0.1, 0.15) is 0 Å². The van der Waals surface area contributed by atoms with Crippen molar-refractivity contribution in [2.45, 2.75) is 26.4 Å². The second kappa shape index (κ2) is 5.15. The molecule has 0 saturated heterocycles. The molecule has 0 fully saturated rings. The number of hydrogen-bond donors (Lipinski definition) is 1. The molecule has 0 spiro atoms. The summed E-state index contributed by atoms with van der Waals surface area (Å²) in [5.74, 6) is 0. The Kier molecular flexibility index (Phi) is 3.59. The molecular weight excluding hydrogens is 210 g/mol. The lowest BCUT2D eigenvalue weighted by atomic mass is 10.0. The molecule has 1 N–H and O–H groups in total. The van der Waals surface area contributed by atoms with Gasteiger partial charge in [0.15, 0.2) is 0 Å². The van der Waals surface area contributed by atoms with Gasteiger partial charge in [-0.25, -0.2) is 4.98 Å². The van der Waals surface area contributed by atoms with Gasteiger partial charge in [0.05, 0.1) is 18.2 Å². The van der Waals surface area contributed by atoms with E-state index in [1.54, 1.807) is 0 Å². The van der Waals surface area contributed by atoms with Crippen molar-refractivity contribution in [1.29, 1.82) is 0 Å². The Bertz CT molecular complexity index is 486. The van der Waals surface area contributed by atoms with Crippen molar-refractivity contribution >= 4 is 0 Å². The normalized spacial score (nSPS) is 11.1. The van der Waals surface area contributed by atoms with Crippen molar-refractivity contribution in [3.8, 4) is 11.3 Å². The van der Waals surface area contributed by atoms with Gasteiger partial charge in [0.2, 0.25) is 0 Å². The predicted octanol–water partition coefficient (Wildman–Crippen LogP) is 2.85. The van der Waals surface area contributed by atoms with E-state index >= 15 is 0 Å². The zero-order chi connectivity index (χ0) is 12.3. The molecule has 90 valence electrons. The highest BCUT2D eigenvalue weighted by Crippen LogP contribution is 2.25. The Labute approximate surface area is 103 Å². The third-order valence-corrected chi connectivity index (χ3v) is 2.88. The average Bonchev–Trinajstić information content (AvgIpc) is 2.79. The van der Waals surface area contributed by atoms with Crippen molar-refractivity contribution in [2.24, 2.45) is 0 Å². The fraction of sp³-hybridized carbons (Fsp3) is 0.357. The fourth-order valence-electron chi connectivity index (χ4n) is 2.04. The summed E-state index contributed by atoms with van der Waals surface area (Å²) in [4.78, 5) is 4.26. The first-order valence-corrected chi connectivity index (χ1v) is 5.98. The molecule has 1 aromatic heterocycles. The molecule has 0 atom stereocenters. The molecule has 0 amide bonds. The first kappa shape index (κ1) is 11.9. The molecule has 3 nitrogen and oxygen atoms in total. The van der Waals surface area contributed by atoms with Crippen LogP contribution in [0.2, 0.25) is 0 Å². The molecule has 0 bridgehead atoms. The first-order chi connectivity index (χ1) is 8.24. The number of imidazole rings is 1. The lowest BCUT2D eigenvalue weighted by molar-refractivity contribution is 0.605. The van der Waals surface area contributed by atoms with Gasteiger partial charge < -0.3 is 9.88 Å². The maximum absolute atomic E-state index is 4.26. The molecule has 0 aliphatic heterocycles. The highest BCUT2D eigenvalue weighted by molar-refractivity contribution is 5.63. The molecule has 17 heavy (non-hydrogen) atoms. The predicted molar refractivity (Wildman–Crippen MR) is 70.8 cm³/mol. The van der Waals surface area contributed by atoms with E-state index in [1.807, 2.05) is 19.6 Å². The van der Waals surface area contributed by atoms with Crippen molar-refractivity contribution in [1.82, 2.24) is 14.9 Å². The van der Waals surface area contributed by atoms with E-state index in [0.29, 0.717) is 6.04 Å². The van der Waals surface area contributed by atoms with Crippen LogP contribution in [0, 0.1) is 0 Å². The smallest absolute Gasteiger partial charge is 0.0953 e. The summed E-state index contributed by atoms with van der Waals surface area (Å²) >= 11 is 0. The van der Waals surface area contributed by atoms with Gasteiger partial charge in [0.25, 0.3) is 0 Å². The van der Waals surface area contributed by atoms with Crippen molar-refractivity contribution in [3.63, 3.8) is 0 Å². The van der Waals surface area contributed by atoms with E-state index in [0.717, 1.165) is 6.54 Å². The van der Waals surface area contributed by atoms with Crippen molar-refractivity contribution in [2.75, 3.05) is 7.05 Å². The van der Waals surface area contributed by atoms with Crippen LogP contribution in [-0.2, 0) is 6.54 Å². The Morgan fingerprint density at radius 1 is 1.29 bits per heavy atom. The zero-order valence-electron chi connectivity index (χ0n) is 10.6. The Balaban J connectivity index is 2.48. The summed E-state index contributed by atoms with van der Waals surface area (Å²) in [5, 5.41) is 3.21. The third-order valence-electron chi connectivity index (χ3n) is 2.88. The molecule has 1 heterocycles. The Morgan fingerprint density at radius 3 is 2.76 bits per heavy atom. The summed E-state index contributed by atoms with van der Waals surface area (Å²) in [6.45, 7) is 5.22. The van der Waals surface area contributed by atoms with E-state index in [9.17, 15) is 0 Å². The van der Waals surface area contributed by atoms with Gasteiger partial charge >= 0.3 is 0 Å². The molecule has 3 heteroatoms. The number of nitrogens with zero attached hydrogens (tertiary/aromatic N) is 2. The summed E-state index contributed by atoms with van der Waals surface area (Å²) in [5.41, 5.74) is 3.75. The molecule has 0 aliphatic rings. The Morgan fingerprint density at radius 2 is 2.06 bits per heavy atom. The fourth-order valence-corrected chi connectivity index (χ4v) is 2.04. The molecule has 1 aromatic carbocycles. The molecule has 2 aromatic rings. The van der Waals surface area contributed by atoms with E-state index in [1.165, 1.54) is 16.8 Å². The lowest BCUT2D eigenvalue weighted by Crippen LogP contribution is -2.08. The second-order valence-corrected chi connectivity index (χ2v) is 4.47. The topological polar surface area (TPSA) is 29.9 Å². The minimum absolute atomic E-state index is 0.426. The minimum atomic E-state index is 0.426. The van der Waals surface area contributed by atoms with E-state index in [2.05, 4.69) is 53.0 Å². The molecular formula is C14H19N3. The minimum Gasteiger partial charge on any atom is -0.328 e. The summed E-state index contributed by atoms with van der Waals surface area (Å²) < 4.78 is 2.20. The number of nitrogens with one attached hydrogen (secondary N) is 1.